The lowest BCUT2D eigenvalue weighted by molar-refractivity contribution is -0.129. The molecule has 1 fully saturated rings. The van der Waals surface area contributed by atoms with Gasteiger partial charge in [0.1, 0.15) is 5.82 Å². The van der Waals surface area contributed by atoms with E-state index in [1.807, 2.05) is 0 Å². The van der Waals surface area contributed by atoms with Crippen LogP contribution in [0.2, 0.25) is 0 Å². The summed E-state index contributed by atoms with van der Waals surface area (Å²) in [6, 6.07) is 5.00. The highest BCUT2D eigenvalue weighted by Crippen LogP contribution is 2.24. The zero-order valence-corrected chi connectivity index (χ0v) is 15.8. The van der Waals surface area contributed by atoms with E-state index in [0.717, 1.165) is 6.07 Å². The number of sulfonamides is 1. The molecule has 1 amide bonds. The van der Waals surface area contributed by atoms with Crippen LogP contribution in [-0.2, 0) is 14.8 Å². The number of carbonyl (C=O) groups excluding carboxylic acids is 1. The predicted octanol–water partition coefficient (Wildman–Crippen LogP) is 2.19. The maximum atomic E-state index is 13.3. The Labute approximate surface area is 147 Å². The van der Waals surface area contributed by atoms with Crippen LogP contribution >= 0.6 is 11.8 Å². The molecule has 5 nitrogen and oxygen atoms in total. The average Bonchev–Trinajstić information content (AvgIpc) is 2.52. The molecule has 2 rings (SSSR count). The third kappa shape index (κ3) is 4.94. The molecule has 0 aromatic heterocycles. The quantitative estimate of drug-likeness (QED) is 0.811. The van der Waals surface area contributed by atoms with Gasteiger partial charge in [-0.05, 0) is 18.2 Å². The van der Waals surface area contributed by atoms with Crippen LogP contribution in [0.5, 0.6) is 0 Å². The minimum atomic E-state index is -3.72. The van der Waals surface area contributed by atoms with Crippen LogP contribution in [0.4, 0.5) is 4.39 Å². The number of thioether (sulfide) groups is 1. The Balaban J connectivity index is 1.96. The second-order valence-corrected chi connectivity index (χ2v) is 10.4. The van der Waals surface area contributed by atoms with Gasteiger partial charge in [-0.3, -0.25) is 4.79 Å². The SMILES string of the molecule is CC(C)(C)SCC(=O)N1CCN(S(=O)(=O)c2cccc(F)c2)CC1. The molecule has 1 heterocycles. The van der Waals surface area contributed by atoms with Gasteiger partial charge in [0, 0.05) is 30.9 Å². The van der Waals surface area contributed by atoms with Crippen molar-refractivity contribution >= 4 is 27.7 Å². The number of piperazine rings is 1. The maximum Gasteiger partial charge on any atom is 0.243 e. The molecule has 134 valence electrons. The average molecular weight is 375 g/mol. The summed E-state index contributed by atoms with van der Waals surface area (Å²) in [5, 5.41) is 0. The van der Waals surface area contributed by atoms with Gasteiger partial charge in [0.15, 0.2) is 0 Å². The van der Waals surface area contributed by atoms with Crippen molar-refractivity contribution in [3.05, 3.63) is 30.1 Å². The van der Waals surface area contributed by atoms with Crippen LogP contribution in [0.25, 0.3) is 0 Å². The first-order chi connectivity index (χ1) is 11.1. The second-order valence-electron chi connectivity index (χ2n) is 6.64. The summed E-state index contributed by atoms with van der Waals surface area (Å²) in [5.41, 5.74) is 0. The van der Waals surface area contributed by atoms with Crippen LogP contribution < -0.4 is 0 Å². The molecule has 0 bridgehead atoms. The topological polar surface area (TPSA) is 57.7 Å². The van der Waals surface area contributed by atoms with E-state index >= 15 is 0 Å². The van der Waals surface area contributed by atoms with Crippen molar-refractivity contribution < 1.29 is 17.6 Å². The number of carbonyl (C=O) groups is 1. The van der Waals surface area contributed by atoms with Gasteiger partial charge in [0.05, 0.1) is 10.6 Å². The Morgan fingerprint density at radius 3 is 2.38 bits per heavy atom. The fourth-order valence-electron chi connectivity index (χ4n) is 2.32. The first-order valence-electron chi connectivity index (χ1n) is 7.77. The van der Waals surface area contributed by atoms with Gasteiger partial charge < -0.3 is 4.90 Å². The van der Waals surface area contributed by atoms with Crippen LogP contribution in [-0.4, -0.2) is 60.2 Å². The fraction of sp³-hybridized carbons (Fsp3) is 0.562. The summed E-state index contributed by atoms with van der Waals surface area (Å²) in [6.45, 7) is 7.32. The smallest absolute Gasteiger partial charge is 0.243 e. The first-order valence-corrected chi connectivity index (χ1v) is 10.2. The molecule has 24 heavy (non-hydrogen) atoms. The molecular formula is C16H23FN2O3S2. The standard InChI is InChI=1S/C16H23FN2O3S2/c1-16(2,3)23-12-15(20)18-7-9-19(10-8-18)24(21,22)14-6-4-5-13(17)11-14/h4-6,11H,7-10,12H2,1-3H3. The summed E-state index contributed by atoms with van der Waals surface area (Å²) in [4.78, 5) is 13.8. The maximum absolute atomic E-state index is 13.3. The van der Waals surface area contributed by atoms with Crippen molar-refractivity contribution in [1.29, 1.82) is 0 Å². The van der Waals surface area contributed by atoms with E-state index < -0.39 is 15.8 Å². The Kier molecular flexibility index (Phi) is 5.93. The van der Waals surface area contributed by atoms with Crippen molar-refractivity contribution in [3.8, 4) is 0 Å². The number of nitrogens with zero attached hydrogens (tertiary/aromatic N) is 2. The molecule has 1 saturated heterocycles. The lowest BCUT2D eigenvalue weighted by Crippen LogP contribution is -2.51. The highest BCUT2D eigenvalue weighted by molar-refractivity contribution is 8.01. The molecule has 0 atom stereocenters. The van der Waals surface area contributed by atoms with E-state index in [0.29, 0.717) is 18.8 Å². The van der Waals surface area contributed by atoms with Crippen molar-refractivity contribution in [1.82, 2.24) is 9.21 Å². The molecule has 1 aromatic rings. The largest absolute Gasteiger partial charge is 0.339 e. The van der Waals surface area contributed by atoms with Crippen LogP contribution in [0.3, 0.4) is 0 Å². The van der Waals surface area contributed by atoms with E-state index in [-0.39, 0.29) is 28.6 Å². The van der Waals surface area contributed by atoms with E-state index in [1.54, 1.807) is 16.7 Å². The predicted molar refractivity (Wildman–Crippen MR) is 93.9 cm³/mol. The third-order valence-electron chi connectivity index (χ3n) is 3.65. The zero-order chi connectivity index (χ0) is 18.0. The van der Waals surface area contributed by atoms with E-state index in [9.17, 15) is 17.6 Å². The highest BCUT2D eigenvalue weighted by atomic mass is 32.2. The molecule has 0 unspecified atom stereocenters. The van der Waals surface area contributed by atoms with Crippen molar-refractivity contribution in [2.75, 3.05) is 31.9 Å². The summed E-state index contributed by atoms with van der Waals surface area (Å²) in [5.74, 6) is -0.165. The number of benzene rings is 1. The van der Waals surface area contributed by atoms with Gasteiger partial charge in [-0.15, -0.1) is 11.8 Å². The van der Waals surface area contributed by atoms with Crippen LogP contribution in [0, 0.1) is 5.82 Å². The second kappa shape index (κ2) is 7.41. The third-order valence-corrected chi connectivity index (χ3v) is 6.81. The Morgan fingerprint density at radius 2 is 1.83 bits per heavy atom. The molecule has 1 aliphatic heterocycles. The molecule has 0 radical (unpaired) electrons. The number of hydrogen-bond acceptors (Lipinski definition) is 4. The lowest BCUT2D eigenvalue weighted by Gasteiger charge is -2.34. The van der Waals surface area contributed by atoms with Crippen LogP contribution in [0.1, 0.15) is 20.8 Å². The lowest BCUT2D eigenvalue weighted by atomic mass is 10.3. The summed E-state index contributed by atoms with van der Waals surface area (Å²) < 4.78 is 39.6. The summed E-state index contributed by atoms with van der Waals surface area (Å²) in [7, 11) is -3.72. The summed E-state index contributed by atoms with van der Waals surface area (Å²) >= 11 is 1.58. The molecule has 0 aliphatic carbocycles. The van der Waals surface area contributed by atoms with Gasteiger partial charge in [-0.1, -0.05) is 26.8 Å². The van der Waals surface area contributed by atoms with Gasteiger partial charge in [0.25, 0.3) is 0 Å². The molecule has 0 spiro atoms. The van der Waals surface area contributed by atoms with E-state index in [2.05, 4.69) is 20.8 Å². The van der Waals surface area contributed by atoms with Gasteiger partial charge >= 0.3 is 0 Å². The molecule has 1 aliphatic rings. The number of hydrogen-bond donors (Lipinski definition) is 0. The van der Waals surface area contributed by atoms with Crippen LogP contribution in [0.15, 0.2) is 29.2 Å². The van der Waals surface area contributed by atoms with Gasteiger partial charge in [-0.2, -0.15) is 4.31 Å². The highest BCUT2D eigenvalue weighted by Gasteiger charge is 2.30. The summed E-state index contributed by atoms with van der Waals surface area (Å²) in [6.07, 6.45) is 0. The van der Waals surface area contributed by atoms with Crippen molar-refractivity contribution in [3.63, 3.8) is 0 Å². The first kappa shape index (κ1) is 19.2. The number of halogens is 1. The Morgan fingerprint density at radius 1 is 1.21 bits per heavy atom. The van der Waals surface area contributed by atoms with E-state index in [1.165, 1.54) is 22.5 Å². The normalized spacial score (nSPS) is 17.1. The Bertz CT molecular complexity index is 694. The number of rotatable bonds is 4. The fourth-order valence-corrected chi connectivity index (χ4v) is 4.52. The minimum Gasteiger partial charge on any atom is -0.339 e. The van der Waals surface area contributed by atoms with Gasteiger partial charge in [-0.25, -0.2) is 12.8 Å². The van der Waals surface area contributed by atoms with Gasteiger partial charge in [0.2, 0.25) is 15.9 Å². The molecule has 0 saturated carbocycles. The van der Waals surface area contributed by atoms with Crippen molar-refractivity contribution in [2.45, 2.75) is 30.4 Å². The molecule has 8 heteroatoms. The molecular weight excluding hydrogens is 351 g/mol. The number of amides is 1. The monoisotopic (exact) mass is 374 g/mol. The zero-order valence-electron chi connectivity index (χ0n) is 14.2. The van der Waals surface area contributed by atoms with Crippen molar-refractivity contribution in [2.24, 2.45) is 0 Å². The van der Waals surface area contributed by atoms with E-state index in [4.69, 9.17) is 0 Å². The molecule has 0 N–H and O–H groups in total. The Hall–Kier alpha value is -1.12. The molecule has 1 aromatic carbocycles. The minimum absolute atomic E-state index is 0.0121.